The van der Waals surface area contributed by atoms with Crippen LogP contribution < -0.4 is 0 Å². The summed E-state index contributed by atoms with van der Waals surface area (Å²) in [7, 11) is 0. The van der Waals surface area contributed by atoms with Gasteiger partial charge in [0.1, 0.15) is 0 Å². The van der Waals surface area contributed by atoms with E-state index in [2.05, 4.69) is 113 Å². The van der Waals surface area contributed by atoms with Gasteiger partial charge in [0.25, 0.3) is 0 Å². The van der Waals surface area contributed by atoms with Gasteiger partial charge in [0.05, 0.1) is 28.6 Å². The van der Waals surface area contributed by atoms with Crippen LogP contribution in [0, 0.1) is 13.8 Å². The van der Waals surface area contributed by atoms with Crippen LogP contribution in [0.1, 0.15) is 37.5 Å². The zero-order chi connectivity index (χ0) is 27.9. The molecule has 0 radical (unpaired) electrons. The predicted octanol–water partition coefficient (Wildman–Crippen LogP) is 9.61. The van der Waals surface area contributed by atoms with Crippen molar-refractivity contribution in [3.63, 3.8) is 0 Å². The molecule has 0 spiro atoms. The van der Waals surface area contributed by atoms with Crippen molar-refractivity contribution in [3.8, 4) is 44.8 Å². The van der Waals surface area contributed by atoms with Crippen LogP contribution in [0.5, 0.6) is 0 Å². The smallest absolute Gasteiger partial charge is 0.0979 e. The molecule has 0 aliphatic heterocycles. The molecule has 0 aliphatic carbocycles. The molecule has 0 saturated carbocycles. The number of aryl methyl sites for hydroxylation is 2. The topological polar surface area (TPSA) is 38.7 Å². The zero-order valence-corrected chi connectivity index (χ0v) is 23.7. The highest BCUT2D eigenvalue weighted by Crippen LogP contribution is 2.37. The van der Waals surface area contributed by atoms with E-state index in [4.69, 9.17) is 15.0 Å². The Morgan fingerprint density at radius 2 is 1.27 bits per heavy atom. The van der Waals surface area contributed by atoms with Gasteiger partial charge < -0.3 is 0 Å². The van der Waals surface area contributed by atoms with Gasteiger partial charge in [-0.15, -0.1) is 0 Å². The average molecular weight is 520 g/mol. The van der Waals surface area contributed by atoms with Gasteiger partial charge in [-0.3, -0.25) is 9.97 Å². The Balaban J connectivity index is 1.55. The number of fused-ring (bicyclic) bond motifs is 1. The summed E-state index contributed by atoms with van der Waals surface area (Å²) in [6.07, 6.45) is 3.81. The lowest BCUT2D eigenvalue weighted by Crippen LogP contribution is -2.11. The minimum absolute atomic E-state index is 0.0544. The highest BCUT2D eigenvalue weighted by Gasteiger charge is 2.17. The third-order valence-electron chi connectivity index (χ3n) is 7.54. The fourth-order valence-corrected chi connectivity index (χ4v) is 5.31. The fraction of sp³-hybridized carbons (Fsp3) is 0.162. The van der Waals surface area contributed by atoms with Gasteiger partial charge >= 0.3 is 0 Å². The van der Waals surface area contributed by atoms with Gasteiger partial charge in [-0.25, -0.2) is 4.98 Å². The van der Waals surface area contributed by atoms with E-state index in [1.54, 1.807) is 0 Å². The van der Waals surface area contributed by atoms with Crippen LogP contribution in [0.4, 0.5) is 0 Å². The van der Waals surface area contributed by atoms with E-state index in [9.17, 15) is 0 Å². The third kappa shape index (κ3) is 4.91. The summed E-state index contributed by atoms with van der Waals surface area (Å²) < 4.78 is 0. The van der Waals surface area contributed by atoms with Crippen molar-refractivity contribution in [2.75, 3.05) is 0 Å². The second kappa shape index (κ2) is 10.2. The van der Waals surface area contributed by atoms with Crippen molar-refractivity contribution in [3.05, 3.63) is 126 Å². The van der Waals surface area contributed by atoms with Crippen LogP contribution in [0.15, 0.2) is 109 Å². The number of pyridine rings is 1. The number of hydrogen-bond acceptors (Lipinski definition) is 3. The standard InChI is InChI=1S/C37H33N3/c1-24-14-15-30(25(2)20-24)32-17-16-31(36-35(32)39-23-34(40-36)26-10-7-6-8-11-26)27-12-9-13-28(21-27)33-22-29(18-19-38-33)37(3,4)5/h6-23H,1-5H3. The molecule has 0 N–H and O–H groups in total. The summed E-state index contributed by atoms with van der Waals surface area (Å²) in [6.45, 7) is 11.0. The Hall–Kier alpha value is -4.63. The first-order valence-electron chi connectivity index (χ1n) is 13.8. The van der Waals surface area contributed by atoms with E-state index < -0.39 is 0 Å². The van der Waals surface area contributed by atoms with Crippen molar-refractivity contribution >= 4 is 11.0 Å². The van der Waals surface area contributed by atoms with Crippen LogP contribution in [0.3, 0.4) is 0 Å². The summed E-state index contributed by atoms with van der Waals surface area (Å²) in [6, 6.07) is 34.1. The maximum Gasteiger partial charge on any atom is 0.0979 e. The number of rotatable bonds is 4. The van der Waals surface area contributed by atoms with E-state index >= 15 is 0 Å². The largest absolute Gasteiger partial charge is 0.256 e. The second-order valence-corrected chi connectivity index (χ2v) is 11.6. The quantitative estimate of drug-likeness (QED) is 0.233. The third-order valence-corrected chi connectivity index (χ3v) is 7.54. The Morgan fingerprint density at radius 3 is 2.05 bits per heavy atom. The summed E-state index contributed by atoms with van der Waals surface area (Å²) in [5, 5.41) is 0. The van der Waals surface area contributed by atoms with Crippen LogP contribution in [-0.2, 0) is 5.41 Å². The van der Waals surface area contributed by atoms with Crippen LogP contribution >= 0.6 is 0 Å². The highest BCUT2D eigenvalue weighted by atomic mass is 14.8. The SMILES string of the molecule is Cc1ccc(-c2ccc(-c3cccc(-c4cc(C(C)(C)C)ccn4)c3)c3nc(-c4ccccc4)cnc23)c(C)c1. The Bertz CT molecular complexity index is 1850. The molecule has 0 amide bonds. The first-order valence-corrected chi connectivity index (χ1v) is 13.8. The minimum Gasteiger partial charge on any atom is -0.256 e. The molecule has 3 nitrogen and oxygen atoms in total. The van der Waals surface area contributed by atoms with E-state index in [1.807, 2.05) is 30.6 Å². The maximum absolute atomic E-state index is 5.23. The predicted molar refractivity (Wildman–Crippen MR) is 167 cm³/mol. The van der Waals surface area contributed by atoms with Crippen molar-refractivity contribution < 1.29 is 0 Å². The van der Waals surface area contributed by atoms with Gasteiger partial charge in [-0.2, -0.15) is 0 Å². The van der Waals surface area contributed by atoms with Crippen LogP contribution in [0.2, 0.25) is 0 Å². The average Bonchev–Trinajstić information content (AvgIpc) is 2.97. The molecular formula is C37H33N3. The van der Waals surface area contributed by atoms with Gasteiger partial charge in [0.2, 0.25) is 0 Å². The van der Waals surface area contributed by atoms with Crippen molar-refractivity contribution in [2.45, 2.75) is 40.0 Å². The van der Waals surface area contributed by atoms with Crippen molar-refractivity contribution in [1.82, 2.24) is 15.0 Å². The molecule has 0 fully saturated rings. The Kier molecular flexibility index (Phi) is 6.51. The number of benzene rings is 4. The molecular weight excluding hydrogens is 486 g/mol. The zero-order valence-electron chi connectivity index (χ0n) is 23.7. The number of aromatic nitrogens is 3. The number of hydrogen-bond donors (Lipinski definition) is 0. The summed E-state index contributed by atoms with van der Waals surface area (Å²) in [4.78, 5) is 15.0. The molecule has 0 atom stereocenters. The minimum atomic E-state index is 0.0544. The molecule has 0 unspecified atom stereocenters. The molecule has 2 heterocycles. The van der Waals surface area contributed by atoms with Gasteiger partial charge in [-0.1, -0.05) is 105 Å². The van der Waals surface area contributed by atoms with Crippen LogP contribution in [-0.4, -0.2) is 15.0 Å². The summed E-state index contributed by atoms with van der Waals surface area (Å²) >= 11 is 0. The highest BCUT2D eigenvalue weighted by molar-refractivity contribution is 6.01. The Morgan fingerprint density at radius 1 is 0.550 bits per heavy atom. The van der Waals surface area contributed by atoms with Crippen molar-refractivity contribution in [1.29, 1.82) is 0 Å². The normalized spacial score (nSPS) is 11.6. The lowest BCUT2D eigenvalue weighted by Gasteiger charge is -2.19. The molecule has 2 aromatic heterocycles. The Labute approximate surface area is 236 Å². The maximum atomic E-state index is 5.23. The number of nitrogens with zero attached hydrogens (tertiary/aromatic N) is 3. The lowest BCUT2D eigenvalue weighted by molar-refractivity contribution is 0.589. The molecule has 196 valence electrons. The summed E-state index contributed by atoms with van der Waals surface area (Å²) in [5.74, 6) is 0. The first-order chi connectivity index (χ1) is 19.3. The lowest BCUT2D eigenvalue weighted by atomic mass is 9.87. The van der Waals surface area contributed by atoms with E-state index in [-0.39, 0.29) is 5.41 Å². The fourth-order valence-electron chi connectivity index (χ4n) is 5.31. The van der Waals surface area contributed by atoms with Gasteiger partial charge in [-0.05, 0) is 59.7 Å². The molecule has 3 heteroatoms. The van der Waals surface area contributed by atoms with E-state index in [1.165, 1.54) is 22.3 Å². The monoisotopic (exact) mass is 519 g/mol. The van der Waals surface area contributed by atoms with Crippen molar-refractivity contribution in [2.24, 2.45) is 0 Å². The molecule has 4 aromatic carbocycles. The summed E-state index contributed by atoms with van der Waals surface area (Å²) in [5.41, 5.74) is 14.0. The molecule has 0 bridgehead atoms. The van der Waals surface area contributed by atoms with Crippen LogP contribution in [0.25, 0.3) is 55.8 Å². The van der Waals surface area contributed by atoms with E-state index in [0.29, 0.717) is 0 Å². The van der Waals surface area contributed by atoms with E-state index in [0.717, 1.165) is 50.2 Å². The first kappa shape index (κ1) is 25.6. The molecule has 40 heavy (non-hydrogen) atoms. The van der Waals surface area contributed by atoms with Gasteiger partial charge in [0.15, 0.2) is 0 Å². The molecule has 0 saturated heterocycles. The second-order valence-electron chi connectivity index (χ2n) is 11.6. The molecule has 6 rings (SSSR count). The molecule has 0 aliphatic rings. The molecule has 6 aromatic rings. The van der Waals surface area contributed by atoms with Gasteiger partial charge in [0, 0.05) is 28.5 Å².